The number of benzene rings is 1. The maximum absolute atomic E-state index is 12.0. The highest BCUT2D eigenvalue weighted by atomic mass is 79.9. The topological polar surface area (TPSA) is 56.5 Å². The quantitative estimate of drug-likeness (QED) is 0.194. The fourth-order valence-electron chi connectivity index (χ4n) is 2.43. The second-order valence-corrected chi connectivity index (χ2v) is 9.23. The van der Waals surface area contributed by atoms with E-state index in [9.17, 15) is 9.59 Å². The van der Waals surface area contributed by atoms with Gasteiger partial charge in [-0.3, -0.25) is 4.79 Å². The maximum Gasteiger partial charge on any atom is 0.336 e. The van der Waals surface area contributed by atoms with E-state index < -0.39 is 5.63 Å². The molecule has 2 aromatic heterocycles. The summed E-state index contributed by atoms with van der Waals surface area (Å²) in [6.07, 6.45) is 2.97. The van der Waals surface area contributed by atoms with Gasteiger partial charge in [-0.2, -0.15) is 0 Å². The van der Waals surface area contributed by atoms with Gasteiger partial charge in [0.2, 0.25) is 0 Å². The third-order valence-corrected chi connectivity index (χ3v) is 6.09. The number of fused-ring (bicyclic) bond motifs is 1. The van der Waals surface area contributed by atoms with Gasteiger partial charge in [0.1, 0.15) is 11.3 Å². The first-order valence-electron chi connectivity index (χ1n) is 7.69. The van der Waals surface area contributed by atoms with Gasteiger partial charge in [0.05, 0.1) is 7.57 Å². The molecule has 0 aliphatic heterocycles. The number of thiophene rings is 1. The number of aryl methyl sites for hydroxylation is 1. The van der Waals surface area contributed by atoms with E-state index in [0.29, 0.717) is 17.8 Å². The van der Waals surface area contributed by atoms with Gasteiger partial charge in [-0.25, -0.2) is 4.79 Å². The van der Waals surface area contributed by atoms with Crippen LogP contribution in [0.5, 0.6) is 5.75 Å². The minimum Gasteiger partial charge on any atom is -0.427 e. The Labute approximate surface area is 165 Å². The highest BCUT2D eigenvalue weighted by molar-refractivity contribution is 9.12. The Bertz CT molecular complexity index is 961. The number of carbonyl (C=O) groups excluding carboxylic acids is 1. The minimum absolute atomic E-state index is 0.262. The van der Waals surface area contributed by atoms with E-state index in [1.165, 1.54) is 11.6 Å². The van der Waals surface area contributed by atoms with E-state index in [2.05, 4.69) is 37.9 Å². The third-order valence-electron chi connectivity index (χ3n) is 3.63. The lowest BCUT2D eigenvalue weighted by molar-refractivity contribution is -0.134. The summed E-state index contributed by atoms with van der Waals surface area (Å²) < 4.78 is 12.6. The average molecular weight is 486 g/mol. The van der Waals surface area contributed by atoms with Crippen LogP contribution in [0.25, 0.3) is 11.0 Å². The molecule has 1 aromatic carbocycles. The highest BCUT2D eigenvalue weighted by Gasteiger charge is 2.08. The molecule has 0 unspecified atom stereocenters. The third kappa shape index (κ3) is 5.03. The number of unbranched alkanes of at least 4 members (excludes halogenated alkanes) is 1. The molecule has 0 atom stereocenters. The van der Waals surface area contributed by atoms with Gasteiger partial charge in [0.15, 0.2) is 0 Å². The van der Waals surface area contributed by atoms with E-state index in [1.54, 1.807) is 35.6 Å². The van der Waals surface area contributed by atoms with Crippen molar-refractivity contribution < 1.29 is 13.9 Å². The highest BCUT2D eigenvalue weighted by Crippen LogP contribution is 2.32. The summed E-state index contributed by atoms with van der Waals surface area (Å²) in [5.74, 6) is 0.193. The van der Waals surface area contributed by atoms with Crippen LogP contribution in [0.1, 0.15) is 24.8 Å². The minimum atomic E-state index is -0.401. The number of ether oxygens (including phenoxy) is 1. The Morgan fingerprint density at radius 1 is 1.12 bits per heavy atom. The lowest BCUT2D eigenvalue weighted by Crippen LogP contribution is -2.07. The molecule has 7 heteroatoms. The lowest BCUT2D eigenvalue weighted by atomic mass is 10.1. The molecule has 0 N–H and O–H groups in total. The molecule has 4 nitrogen and oxygen atoms in total. The predicted octanol–water partition coefficient (Wildman–Crippen LogP) is 5.70. The van der Waals surface area contributed by atoms with E-state index in [0.717, 1.165) is 32.2 Å². The molecule has 3 rings (SSSR count). The van der Waals surface area contributed by atoms with Crippen LogP contribution in [0.4, 0.5) is 0 Å². The van der Waals surface area contributed by atoms with Crippen LogP contribution < -0.4 is 10.4 Å². The van der Waals surface area contributed by atoms with Gasteiger partial charge < -0.3 is 9.15 Å². The zero-order valence-corrected chi connectivity index (χ0v) is 17.1. The van der Waals surface area contributed by atoms with Crippen LogP contribution in [-0.4, -0.2) is 5.97 Å². The predicted molar refractivity (Wildman–Crippen MR) is 105 cm³/mol. The van der Waals surface area contributed by atoms with Crippen molar-refractivity contribution in [3.8, 4) is 5.75 Å². The van der Waals surface area contributed by atoms with Gasteiger partial charge in [-0.1, -0.05) is 0 Å². The monoisotopic (exact) mass is 484 g/mol. The van der Waals surface area contributed by atoms with Crippen LogP contribution in [0.3, 0.4) is 0 Å². The standard InChI is InChI=1S/C18H14Br2O4S/c19-15-10-12(18(20)25-15)3-1-2-4-16(21)23-13-6-7-14-11(9-13)5-8-17(22)24-14/h5-10H,1-4H2. The van der Waals surface area contributed by atoms with Crippen molar-refractivity contribution in [1.82, 2.24) is 0 Å². The number of rotatable bonds is 6. The molecule has 130 valence electrons. The number of hydrogen-bond donors (Lipinski definition) is 0. The van der Waals surface area contributed by atoms with Crippen molar-refractivity contribution in [3.63, 3.8) is 0 Å². The zero-order valence-electron chi connectivity index (χ0n) is 13.1. The summed E-state index contributed by atoms with van der Waals surface area (Å²) in [6, 6.07) is 10.0. The molecule has 0 aliphatic rings. The van der Waals surface area contributed by atoms with Crippen molar-refractivity contribution in [2.24, 2.45) is 0 Å². The zero-order chi connectivity index (χ0) is 17.8. The second kappa shape index (κ2) is 8.29. The first-order chi connectivity index (χ1) is 12.0. The Morgan fingerprint density at radius 3 is 2.72 bits per heavy atom. The molecule has 0 radical (unpaired) electrons. The molecular weight excluding hydrogens is 472 g/mol. The van der Waals surface area contributed by atoms with Gasteiger partial charge >= 0.3 is 11.6 Å². The largest absolute Gasteiger partial charge is 0.427 e. The van der Waals surface area contributed by atoms with Crippen molar-refractivity contribution in [1.29, 1.82) is 0 Å². The molecule has 0 saturated carbocycles. The molecule has 0 aliphatic carbocycles. The van der Waals surface area contributed by atoms with E-state index >= 15 is 0 Å². The van der Waals surface area contributed by atoms with Crippen LogP contribution in [0.15, 0.2) is 53.2 Å². The summed E-state index contributed by atoms with van der Waals surface area (Å²) in [4.78, 5) is 23.1. The Kier molecular flexibility index (Phi) is 6.09. The van der Waals surface area contributed by atoms with Gasteiger partial charge in [0.25, 0.3) is 0 Å². The first kappa shape index (κ1) is 18.4. The maximum atomic E-state index is 12.0. The molecule has 0 amide bonds. The Balaban J connectivity index is 1.50. The average Bonchev–Trinajstić information content (AvgIpc) is 2.89. The number of hydrogen-bond acceptors (Lipinski definition) is 5. The van der Waals surface area contributed by atoms with Crippen LogP contribution >= 0.6 is 43.2 Å². The summed E-state index contributed by atoms with van der Waals surface area (Å²) >= 11 is 8.65. The van der Waals surface area contributed by atoms with Crippen LogP contribution in [0, 0.1) is 0 Å². The molecule has 0 fully saturated rings. The van der Waals surface area contributed by atoms with Crippen molar-refractivity contribution in [3.05, 3.63) is 60.0 Å². The fraction of sp³-hybridized carbons (Fsp3) is 0.222. The van der Waals surface area contributed by atoms with Crippen molar-refractivity contribution in [2.75, 3.05) is 0 Å². The number of halogens is 2. The van der Waals surface area contributed by atoms with Crippen LogP contribution in [0.2, 0.25) is 0 Å². The lowest BCUT2D eigenvalue weighted by Gasteiger charge is -2.05. The van der Waals surface area contributed by atoms with Gasteiger partial charge in [0, 0.05) is 17.9 Å². The molecule has 2 heterocycles. The molecule has 0 saturated heterocycles. The summed E-state index contributed by atoms with van der Waals surface area (Å²) in [5, 5.41) is 0.720. The molecule has 3 aromatic rings. The normalized spacial score (nSPS) is 11.0. The van der Waals surface area contributed by atoms with Gasteiger partial charge in [-0.15, -0.1) is 11.3 Å². The number of esters is 1. The Hall–Kier alpha value is -1.44. The smallest absolute Gasteiger partial charge is 0.336 e. The van der Waals surface area contributed by atoms with E-state index in [-0.39, 0.29) is 5.97 Å². The molecule has 0 bridgehead atoms. The van der Waals surface area contributed by atoms with Crippen molar-refractivity contribution in [2.45, 2.75) is 25.7 Å². The summed E-state index contributed by atoms with van der Waals surface area (Å²) in [5.41, 5.74) is 1.32. The molecule has 0 spiro atoms. The van der Waals surface area contributed by atoms with E-state index in [1.807, 2.05) is 0 Å². The number of carbonyl (C=O) groups is 1. The fourth-order valence-corrected chi connectivity index (χ4v) is 5.34. The van der Waals surface area contributed by atoms with Crippen molar-refractivity contribution >= 4 is 60.1 Å². The van der Waals surface area contributed by atoms with E-state index in [4.69, 9.17) is 9.15 Å². The first-order valence-corrected chi connectivity index (χ1v) is 10.1. The summed E-state index contributed by atoms with van der Waals surface area (Å²) in [6.45, 7) is 0. The SMILES string of the molecule is O=C(CCCCc1cc(Br)sc1Br)Oc1ccc2oc(=O)ccc2c1. The Morgan fingerprint density at radius 2 is 1.96 bits per heavy atom. The second-order valence-electron chi connectivity index (χ2n) is 5.48. The van der Waals surface area contributed by atoms with Crippen LogP contribution in [-0.2, 0) is 11.2 Å². The van der Waals surface area contributed by atoms with Gasteiger partial charge in [-0.05, 0) is 87.0 Å². The molecule has 25 heavy (non-hydrogen) atoms. The molecular formula is C18H14Br2O4S. The summed E-state index contributed by atoms with van der Waals surface area (Å²) in [7, 11) is 0.